The van der Waals surface area contributed by atoms with E-state index in [1.807, 2.05) is 71.4 Å². The smallest absolute Gasteiger partial charge is 0.373 e. The van der Waals surface area contributed by atoms with E-state index in [1.54, 1.807) is 0 Å². The van der Waals surface area contributed by atoms with Crippen LogP contribution in [0.5, 0.6) is 11.5 Å². The summed E-state index contributed by atoms with van der Waals surface area (Å²) in [5, 5.41) is 0. The van der Waals surface area contributed by atoms with Crippen LogP contribution in [0.1, 0.15) is 16.7 Å². The number of hydrogen-bond donors (Lipinski definition) is 0. The lowest BCUT2D eigenvalue weighted by atomic mass is 10.1. The molecule has 0 aliphatic carbocycles. The van der Waals surface area contributed by atoms with Gasteiger partial charge >= 0.3 is 6.15 Å². The van der Waals surface area contributed by atoms with Gasteiger partial charge in [0.05, 0.1) is 5.69 Å². The predicted octanol–water partition coefficient (Wildman–Crippen LogP) is 5.88. The van der Waals surface area contributed by atoms with Crippen LogP contribution in [0.25, 0.3) is 16.9 Å². The third-order valence-electron chi connectivity index (χ3n) is 5.39. The highest BCUT2D eigenvalue weighted by molar-refractivity contribution is 5.67. The fraction of sp³-hybridized carbons (Fsp3) is 0.103. The van der Waals surface area contributed by atoms with Crippen molar-refractivity contribution in [2.24, 2.45) is 0 Å². The van der Waals surface area contributed by atoms with E-state index in [1.165, 1.54) is 0 Å². The number of carbonyl (C=O) groups excluding carboxylic acids is 2. The molecule has 6 heteroatoms. The average molecular weight is 465 g/mol. The van der Waals surface area contributed by atoms with Crippen LogP contribution < -0.4 is 9.47 Å². The average Bonchev–Trinajstić information content (AvgIpc) is 3.34. The molecule has 0 saturated carbocycles. The van der Waals surface area contributed by atoms with Crippen LogP contribution in [-0.2, 0) is 22.8 Å². The Balaban J connectivity index is 0.000000917. The molecule has 0 saturated heterocycles. The standard InChI is InChI=1S/C28H24N2O2.CO2/c1-21-17-24(14-15-26(21)31-19-22-9-4-2-5-10-22)25-18-30-16-8-13-27(28(30)29-25)32-20-23-11-6-3-7-12-23;2-1-3/h2-18H,19-20H2,1H3;. The topological polar surface area (TPSA) is 69.9 Å². The molecule has 0 unspecified atom stereocenters. The zero-order chi connectivity index (χ0) is 24.5. The van der Waals surface area contributed by atoms with Gasteiger partial charge in [0.25, 0.3) is 0 Å². The Morgan fingerprint density at radius 3 is 1.97 bits per heavy atom. The van der Waals surface area contributed by atoms with E-state index in [9.17, 15) is 0 Å². The quantitative estimate of drug-likeness (QED) is 0.301. The van der Waals surface area contributed by atoms with Crippen LogP contribution in [-0.4, -0.2) is 15.5 Å². The molecule has 5 rings (SSSR count). The van der Waals surface area contributed by atoms with Crippen molar-refractivity contribution in [1.29, 1.82) is 0 Å². The second-order valence-corrected chi connectivity index (χ2v) is 7.84. The highest BCUT2D eigenvalue weighted by Gasteiger charge is 2.11. The molecule has 2 aromatic heterocycles. The number of aryl methyl sites for hydroxylation is 1. The van der Waals surface area contributed by atoms with Crippen molar-refractivity contribution in [1.82, 2.24) is 9.38 Å². The molecule has 0 fully saturated rings. The molecule has 0 spiro atoms. The summed E-state index contributed by atoms with van der Waals surface area (Å²) in [7, 11) is 0. The van der Waals surface area contributed by atoms with Gasteiger partial charge in [-0.3, -0.25) is 0 Å². The molecule has 0 atom stereocenters. The monoisotopic (exact) mass is 464 g/mol. The van der Waals surface area contributed by atoms with E-state index < -0.39 is 0 Å². The first kappa shape index (κ1) is 23.5. The first-order chi connectivity index (χ1) is 17.2. The van der Waals surface area contributed by atoms with Crippen molar-refractivity contribution in [2.45, 2.75) is 20.1 Å². The summed E-state index contributed by atoms with van der Waals surface area (Å²) in [4.78, 5) is 21.1. The van der Waals surface area contributed by atoms with Crippen LogP contribution in [0.3, 0.4) is 0 Å². The van der Waals surface area contributed by atoms with Gasteiger partial charge in [-0.15, -0.1) is 0 Å². The summed E-state index contributed by atoms with van der Waals surface area (Å²) in [5.41, 5.74) is 6.12. The number of nitrogens with zero attached hydrogens (tertiary/aromatic N) is 2. The number of hydrogen-bond acceptors (Lipinski definition) is 5. The van der Waals surface area contributed by atoms with Crippen molar-refractivity contribution in [2.75, 3.05) is 0 Å². The molecule has 35 heavy (non-hydrogen) atoms. The number of ether oxygens (including phenoxy) is 2. The molecule has 3 aromatic carbocycles. The summed E-state index contributed by atoms with van der Waals surface area (Å²) in [6.45, 7) is 3.13. The Morgan fingerprint density at radius 1 is 0.771 bits per heavy atom. The summed E-state index contributed by atoms with van der Waals surface area (Å²) in [6, 6.07) is 30.5. The SMILES string of the molecule is Cc1cc(-c2cn3cccc(OCc4ccccc4)c3n2)ccc1OCc1ccccc1.O=C=O. The summed E-state index contributed by atoms with van der Waals surface area (Å²) >= 11 is 0. The highest BCUT2D eigenvalue weighted by Crippen LogP contribution is 2.29. The Labute approximate surface area is 203 Å². The number of fused-ring (bicyclic) bond motifs is 1. The molecule has 0 amide bonds. The van der Waals surface area contributed by atoms with Crippen molar-refractivity contribution < 1.29 is 19.1 Å². The minimum absolute atomic E-state index is 0.250. The van der Waals surface area contributed by atoms with E-state index >= 15 is 0 Å². The zero-order valence-corrected chi connectivity index (χ0v) is 19.3. The first-order valence-electron chi connectivity index (χ1n) is 11.1. The van der Waals surface area contributed by atoms with Crippen molar-refractivity contribution in [3.63, 3.8) is 0 Å². The number of aromatic nitrogens is 2. The molecule has 0 N–H and O–H groups in total. The Kier molecular flexibility index (Phi) is 7.69. The van der Waals surface area contributed by atoms with Gasteiger partial charge in [0.1, 0.15) is 19.0 Å². The van der Waals surface area contributed by atoms with Gasteiger partial charge in [-0.25, -0.2) is 4.98 Å². The van der Waals surface area contributed by atoms with Gasteiger partial charge < -0.3 is 13.9 Å². The number of pyridine rings is 1. The second kappa shape index (κ2) is 11.5. The number of rotatable bonds is 7. The molecule has 174 valence electrons. The van der Waals surface area contributed by atoms with Gasteiger partial charge in [0.15, 0.2) is 11.4 Å². The lowest BCUT2D eigenvalue weighted by Gasteiger charge is -2.10. The largest absolute Gasteiger partial charge is 0.489 e. The van der Waals surface area contributed by atoms with Crippen LogP contribution in [0.15, 0.2) is 103 Å². The van der Waals surface area contributed by atoms with Crippen LogP contribution in [0.4, 0.5) is 0 Å². The van der Waals surface area contributed by atoms with E-state index in [0.29, 0.717) is 13.2 Å². The second-order valence-electron chi connectivity index (χ2n) is 7.84. The normalized spacial score (nSPS) is 10.2. The minimum Gasteiger partial charge on any atom is -0.489 e. The van der Waals surface area contributed by atoms with Crippen LogP contribution in [0.2, 0.25) is 0 Å². The zero-order valence-electron chi connectivity index (χ0n) is 19.3. The van der Waals surface area contributed by atoms with E-state index in [0.717, 1.165) is 45.1 Å². The summed E-state index contributed by atoms with van der Waals surface area (Å²) < 4.78 is 14.1. The van der Waals surface area contributed by atoms with Gasteiger partial charge in [0.2, 0.25) is 0 Å². The maximum absolute atomic E-state index is 8.12. The van der Waals surface area contributed by atoms with E-state index in [-0.39, 0.29) is 6.15 Å². The Hall–Kier alpha value is -4.67. The molecule has 0 bridgehead atoms. The predicted molar refractivity (Wildman–Crippen MR) is 132 cm³/mol. The van der Waals surface area contributed by atoms with E-state index in [2.05, 4.69) is 43.3 Å². The van der Waals surface area contributed by atoms with E-state index in [4.69, 9.17) is 24.0 Å². The van der Waals surface area contributed by atoms with Gasteiger partial charge in [-0.1, -0.05) is 60.7 Å². The molecule has 5 aromatic rings. The third kappa shape index (κ3) is 6.02. The lowest BCUT2D eigenvalue weighted by Crippen LogP contribution is -1.97. The van der Waals surface area contributed by atoms with Crippen molar-refractivity contribution in [3.8, 4) is 22.8 Å². The maximum atomic E-state index is 8.12. The van der Waals surface area contributed by atoms with Crippen molar-refractivity contribution in [3.05, 3.63) is 120 Å². The lowest BCUT2D eigenvalue weighted by molar-refractivity contribution is -0.191. The molecule has 6 nitrogen and oxygen atoms in total. The van der Waals surface area contributed by atoms with Gasteiger partial charge in [-0.05, 0) is 53.9 Å². The summed E-state index contributed by atoms with van der Waals surface area (Å²) in [5.74, 6) is 1.65. The van der Waals surface area contributed by atoms with Crippen LogP contribution in [0, 0.1) is 6.92 Å². The Bertz CT molecular complexity index is 1420. The third-order valence-corrected chi connectivity index (χ3v) is 5.39. The van der Waals surface area contributed by atoms with Crippen LogP contribution >= 0.6 is 0 Å². The first-order valence-corrected chi connectivity index (χ1v) is 11.1. The number of imidazole rings is 1. The highest BCUT2D eigenvalue weighted by atomic mass is 16.5. The molecular weight excluding hydrogens is 440 g/mol. The van der Waals surface area contributed by atoms with Gasteiger partial charge in [0, 0.05) is 18.0 Å². The Morgan fingerprint density at radius 2 is 1.37 bits per heavy atom. The van der Waals surface area contributed by atoms with Crippen molar-refractivity contribution >= 4 is 11.8 Å². The maximum Gasteiger partial charge on any atom is 0.373 e. The fourth-order valence-corrected chi connectivity index (χ4v) is 3.68. The molecule has 0 aliphatic heterocycles. The molecule has 2 heterocycles. The summed E-state index contributed by atoms with van der Waals surface area (Å²) in [6.07, 6.45) is 4.27. The molecule has 0 radical (unpaired) electrons. The fourth-order valence-electron chi connectivity index (χ4n) is 3.68. The van der Waals surface area contributed by atoms with Gasteiger partial charge in [-0.2, -0.15) is 9.59 Å². The molecule has 0 aliphatic rings. The number of benzene rings is 3. The minimum atomic E-state index is 0.250. The molecular formula is C29H24N2O4.